The molecule has 0 bridgehead atoms. The lowest BCUT2D eigenvalue weighted by molar-refractivity contribution is 0.315. The molecular weight excluding hydrogens is 231 g/mol. The molecule has 0 radical (unpaired) electrons. The molecule has 1 unspecified atom stereocenters. The van der Waals surface area contributed by atoms with Crippen molar-refractivity contribution >= 4 is 0 Å². The molecule has 0 amide bonds. The first-order valence-electron chi connectivity index (χ1n) is 6.50. The minimum atomic E-state index is -0.313. The Hall–Kier alpha value is -1.13. The zero-order valence-corrected chi connectivity index (χ0v) is 11.0. The first-order chi connectivity index (χ1) is 8.58. The van der Waals surface area contributed by atoms with E-state index < -0.39 is 0 Å². The smallest absolute Gasteiger partial charge is 0.123 e. The van der Waals surface area contributed by atoms with Crippen molar-refractivity contribution in [2.45, 2.75) is 31.8 Å². The highest BCUT2D eigenvalue weighted by Gasteiger charge is 2.25. The summed E-state index contributed by atoms with van der Waals surface area (Å²) in [6.07, 6.45) is 2.60. The molecule has 1 aromatic rings. The topological polar surface area (TPSA) is 35.5 Å². The zero-order valence-electron chi connectivity index (χ0n) is 11.0. The molecule has 100 valence electrons. The van der Waals surface area contributed by atoms with Crippen LogP contribution in [0.5, 0.6) is 5.75 Å². The van der Waals surface area contributed by atoms with Gasteiger partial charge < -0.3 is 15.3 Å². The summed E-state index contributed by atoms with van der Waals surface area (Å²) in [5.41, 5.74) is 0.615. The average molecular weight is 252 g/mol. The second-order valence-corrected chi connectivity index (χ2v) is 5.09. The molecule has 0 heterocycles. The Morgan fingerprint density at radius 3 is 2.89 bits per heavy atom. The number of hydrogen-bond donors (Lipinski definition) is 2. The van der Waals surface area contributed by atoms with Gasteiger partial charge in [0.25, 0.3) is 0 Å². The Balaban J connectivity index is 1.82. The summed E-state index contributed by atoms with van der Waals surface area (Å²) in [5.74, 6) is -0.168. The number of nitrogens with one attached hydrogen (secondary N) is 1. The van der Waals surface area contributed by atoms with E-state index in [1.165, 1.54) is 31.0 Å². The number of nitrogens with zero attached hydrogens (tertiary/aromatic N) is 1. The van der Waals surface area contributed by atoms with Gasteiger partial charge in [-0.2, -0.15) is 0 Å². The number of rotatable bonds is 6. The lowest BCUT2D eigenvalue weighted by Crippen LogP contribution is -2.32. The van der Waals surface area contributed by atoms with Crippen LogP contribution in [-0.2, 0) is 0 Å². The third-order valence-corrected chi connectivity index (χ3v) is 3.54. The van der Waals surface area contributed by atoms with E-state index in [4.69, 9.17) is 0 Å². The van der Waals surface area contributed by atoms with E-state index in [0.29, 0.717) is 5.56 Å². The summed E-state index contributed by atoms with van der Waals surface area (Å²) in [6, 6.07) is 4.77. The summed E-state index contributed by atoms with van der Waals surface area (Å²) in [4.78, 5) is 2.34. The van der Waals surface area contributed by atoms with Gasteiger partial charge in [-0.3, -0.25) is 0 Å². The second-order valence-electron chi connectivity index (χ2n) is 5.09. The van der Waals surface area contributed by atoms with E-state index in [1.54, 1.807) is 0 Å². The molecule has 0 saturated heterocycles. The van der Waals surface area contributed by atoms with Gasteiger partial charge in [0.1, 0.15) is 11.6 Å². The van der Waals surface area contributed by atoms with Crippen molar-refractivity contribution in [3.05, 3.63) is 29.6 Å². The Kier molecular flexibility index (Phi) is 4.19. The van der Waals surface area contributed by atoms with Gasteiger partial charge in [-0.1, -0.05) is 0 Å². The third kappa shape index (κ3) is 3.43. The standard InChI is InChI=1S/C14H21FN2O/c1-10(13-9-11(15)3-6-14(13)18)16-7-8-17(2)12-4-5-12/h3,6,9-10,12,16,18H,4-5,7-8H2,1-2H3. The van der Waals surface area contributed by atoms with Crippen LogP contribution in [0.15, 0.2) is 18.2 Å². The van der Waals surface area contributed by atoms with Crippen LogP contribution in [0.2, 0.25) is 0 Å². The highest BCUT2D eigenvalue weighted by atomic mass is 19.1. The van der Waals surface area contributed by atoms with Crippen LogP contribution < -0.4 is 5.32 Å². The van der Waals surface area contributed by atoms with Crippen molar-refractivity contribution in [1.82, 2.24) is 10.2 Å². The van der Waals surface area contributed by atoms with Crippen molar-refractivity contribution in [3.63, 3.8) is 0 Å². The van der Waals surface area contributed by atoms with Gasteiger partial charge in [-0.05, 0) is 45.0 Å². The van der Waals surface area contributed by atoms with Gasteiger partial charge in [0.2, 0.25) is 0 Å². The lowest BCUT2D eigenvalue weighted by Gasteiger charge is -2.19. The van der Waals surface area contributed by atoms with E-state index in [9.17, 15) is 9.50 Å². The van der Waals surface area contributed by atoms with Crippen LogP contribution in [0.3, 0.4) is 0 Å². The molecule has 2 N–H and O–H groups in total. The van der Waals surface area contributed by atoms with Crippen molar-refractivity contribution in [1.29, 1.82) is 0 Å². The SMILES string of the molecule is CC(NCCN(C)C1CC1)c1cc(F)ccc1O. The van der Waals surface area contributed by atoms with Crippen LogP contribution in [0.4, 0.5) is 4.39 Å². The molecule has 0 aromatic heterocycles. The molecule has 1 saturated carbocycles. The van der Waals surface area contributed by atoms with Gasteiger partial charge in [0.05, 0.1) is 0 Å². The van der Waals surface area contributed by atoms with Crippen molar-refractivity contribution in [2.75, 3.05) is 20.1 Å². The monoisotopic (exact) mass is 252 g/mol. The molecule has 1 aliphatic rings. The lowest BCUT2D eigenvalue weighted by atomic mass is 10.1. The second kappa shape index (κ2) is 5.67. The van der Waals surface area contributed by atoms with Crippen molar-refractivity contribution < 1.29 is 9.50 Å². The summed E-state index contributed by atoms with van der Waals surface area (Å²) < 4.78 is 13.1. The third-order valence-electron chi connectivity index (χ3n) is 3.54. The van der Waals surface area contributed by atoms with E-state index in [2.05, 4.69) is 17.3 Å². The van der Waals surface area contributed by atoms with Crippen LogP contribution >= 0.6 is 0 Å². The molecule has 3 nitrogen and oxygen atoms in total. The van der Waals surface area contributed by atoms with E-state index in [1.807, 2.05) is 6.92 Å². The molecule has 2 rings (SSSR count). The van der Waals surface area contributed by atoms with Gasteiger partial charge in [-0.25, -0.2) is 4.39 Å². The Labute approximate surface area is 108 Å². The Bertz CT molecular complexity index is 407. The maximum atomic E-state index is 13.1. The number of likely N-dealkylation sites (N-methyl/N-ethyl adjacent to an activating group) is 1. The van der Waals surface area contributed by atoms with Crippen LogP contribution in [0.25, 0.3) is 0 Å². The number of benzene rings is 1. The summed E-state index contributed by atoms with van der Waals surface area (Å²) in [7, 11) is 2.13. The Morgan fingerprint density at radius 1 is 1.50 bits per heavy atom. The number of aromatic hydroxyl groups is 1. The maximum absolute atomic E-state index is 13.1. The van der Waals surface area contributed by atoms with Crippen LogP contribution in [0.1, 0.15) is 31.4 Å². The summed E-state index contributed by atoms with van der Waals surface area (Å²) in [6.45, 7) is 3.75. The van der Waals surface area contributed by atoms with Gasteiger partial charge in [-0.15, -0.1) is 0 Å². The number of phenolic OH excluding ortho intramolecular Hbond substituents is 1. The highest BCUT2D eigenvalue weighted by Crippen LogP contribution is 2.26. The van der Waals surface area contributed by atoms with E-state index >= 15 is 0 Å². The minimum Gasteiger partial charge on any atom is -0.508 e. The maximum Gasteiger partial charge on any atom is 0.123 e. The van der Waals surface area contributed by atoms with E-state index in [0.717, 1.165) is 19.1 Å². The Morgan fingerprint density at radius 2 is 2.22 bits per heavy atom. The predicted molar refractivity (Wildman–Crippen MR) is 70.1 cm³/mol. The van der Waals surface area contributed by atoms with Crippen LogP contribution in [0, 0.1) is 5.82 Å². The van der Waals surface area contributed by atoms with Gasteiger partial charge >= 0.3 is 0 Å². The normalized spacial score (nSPS) is 17.1. The first-order valence-corrected chi connectivity index (χ1v) is 6.50. The fourth-order valence-electron chi connectivity index (χ4n) is 2.14. The highest BCUT2D eigenvalue weighted by molar-refractivity contribution is 5.34. The first kappa shape index (κ1) is 13.3. The largest absolute Gasteiger partial charge is 0.508 e. The van der Waals surface area contributed by atoms with Crippen LogP contribution in [-0.4, -0.2) is 36.2 Å². The number of hydrogen-bond acceptors (Lipinski definition) is 3. The van der Waals surface area contributed by atoms with Gasteiger partial charge in [0, 0.05) is 30.7 Å². The molecule has 1 aromatic carbocycles. The number of phenols is 1. The minimum absolute atomic E-state index is 0.0479. The molecule has 0 spiro atoms. The summed E-state index contributed by atoms with van der Waals surface area (Å²) >= 11 is 0. The van der Waals surface area contributed by atoms with E-state index in [-0.39, 0.29) is 17.6 Å². The molecular formula is C14H21FN2O. The molecule has 1 atom stereocenters. The average Bonchev–Trinajstić information content (AvgIpc) is 3.16. The molecule has 0 aliphatic heterocycles. The zero-order chi connectivity index (χ0) is 13.1. The molecule has 1 fully saturated rings. The van der Waals surface area contributed by atoms with Gasteiger partial charge in [0.15, 0.2) is 0 Å². The number of halogens is 1. The quantitative estimate of drug-likeness (QED) is 0.815. The predicted octanol–water partition coefficient (Wildman–Crippen LogP) is 2.28. The molecule has 1 aliphatic carbocycles. The molecule has 4 heteroatoms. The molecule has 18 heavy (non-hydrogen) atoms. The fourth-order valence-corrected chi connectivity index (χ4v) is 2.14. The fraction of sp³-hybridized carbons (Fsp3) is 0.571. The van der Waals surface area contributed by atoms with Crippen molar-refractivity contribution in [2.24, 2.45) is 0 Å². The summed E-state index contributed by atoms with van der Waals surface area (Å²) in [5, 5.41) is 13.0. The van der Waals surface area contributed by atoms with Crippen molar-refractivity contribution in [3.8, 4) is 5.75 Å².